The van der Waals surface area contributed by atoms with E-state index in [-0.39, 0.29) is 0 Å². The first-order chi connectivity index (χ1) is 7.37. The van der Waals surface area contributed by atoms with Gasteiger partial charge in [-0.3, -0.25) is 0 Å². The van der Waals surface area contributed by atoms with Crippen LogP contribution in [0, 0.1) is 0 Å². The molecule has 1 fully saturated rings. The molecule has 2 nitrogen and oxygen atoms in total. The fourth-order valence-electron chi connectivity index (χ4n) is 1.99. The average molecular weight is 206 g/mol. The Bertz CT molecular complexity index is 287. The zero-order valence-corrected chi connectivity index (χ0v) is 9.24. The molecule has 1 heterocycles. The monoisotopic (exact) mass is 206 g/mol. The molecule has 0 unspecified atom stereocenters. The van der Waals surface area contributed by atoms with Crippen LogP contribution in [0.1, 0.15) is 31.7 Å². The summed E-state index contributed by atoms with van der Waals surface area (Å²) in [6, 6.07) is 10.2. The third kappa shape index (κ3) is 2.21. The van der Waals surface area contributed by atoms with Gasteiger partial charge in [-0.2, -0.15) is 0 Å². The van der Waals surface area contributed by atoms with Crippen LogP contribution in [0.15, 0.2) is 30.3 Å². The van der Waals surface area contributed by atoms with Crippen molar-refractivity contribution < 1.29 is 9.47 Å². The summed E-state index contributed by atoms with van der Waals surface area (Å²) >= 11 is 0. The van der Waals surface area contributed by atoms with E-state index in [1.165, 1.54) is 0 Å². The summed E-state index contributed by atoms with van der Waals surface area (Å²) in [5, 5.41) is 0. The molecule has 1 aliphatic heterocycles. The van der Waals surface area contributed by atoms with Gasteiger partial charge in [-0.25, -0.2) is 0 Å². The van der Waals surface area contributed by atoms with Gasteiger partial charge in [0, 0.05) is 12.0 Å². The smallest absolute Gasteiger partial charge is 0.194 e. The molecular weight excluding hydrogens is 188 g/mol. The summed E-state index contributed by atoms with van der Waals surface area (Å²) < 4.78 is 11.8. The molecule has 1 aliphatic rings. The van der Waals surface area contributed by atoms with Gasteiger partial charge in [0.05, 0.1) is 13.2 Å². The summed E-state index contributed by atoms with van der Waals surface area (Å²) in [5.74, 6) is -0.502. The summed E-state index contributed by atoms with van der Waals surface area (Å²) in [7, 11) is 0. The Morgan fingerprint density at radius 2 is 1.67 bits per heavy atom. The molecule has 0 N–H and O–H groups in total. The first kappa shape index (κ1) is 10.7. The maximum Gasteiger partial charge on any atom is 0.194 e. The lowest BCUT2D eigenvalue weighted by molar-refractivity contribution is -0.236. The minimum absolute atomic E-state index is 0.502. The second-order valence-electron chi connectivity index (χ2n) is 3.88. The third-order valence-electron chi connectivity index (χ3n) is 2.89. The SMILES string of the molecule is CCC1(c2ccccc2)OCCCCO1. The Kier molecular flexibility index (Phi) is 3.39. The van der Waals surface area contributed by atoms with Crippen molar-refractivity contribution >= 4 is 0 Å². The summed E-state index contributed by atoms with van der Waals surface area (Å²) in [5.41, 5.74) is 1.13. The van der Waals surface area contributed by atoms with Gasteiger partial charge in [-0.1, -0.05) is 37.3 Å². The quantitative estimate of drug-likeness (QED) is 0.740. The van der Waals surface area contributed by atoms with Crippen molar-refractivity contribution in [3.05, 3.63) is 35.9 Å². The van der Waals surface area contributed by atoms with E-state index in [1.807, 2.05) is 18.2 Å². The molecule has 2 heteroatoms. The van der Waals surface area contributed by atoms with Crippen LogP contribution in [0.4, 0.5) is 0 Å². The molecule has 0 atom stereocenters. The summed E-state index contributed by atoms with van der Waals surface area (Å²) in [6.45, 7) is 3.70. The molecule has 15 heavy (non-hydrogen) atoms. The average Bonchev–Trinajstić information content (AvgIpc) is 2.56. The predicted octanol–water partition coefficient (Wildman–Crippen LogP) is 3.08. The van der Waals surface area contributed by atoms with E-state index in [9.17, 15) is 0 Å². The maximum absolute atomic E-state index is 5.90. The second kappa shape index (κ2) is 4.77. The Labute approximate surface area is 91.2 Å². The van der Waals surface area contributed by atoms with Crippen molar-refractivity contribution in [1.82, 2.24) is 0 Å². The summed E-state index contributed by atoms with van der Waals surface area (Å²) in [4.78, 5) is 0. The molecule has 0 bridgehead atoms. The van der Waals surface area contributed by atoms with Crippen molar-refractivity contribution in [1.29, 1.82) is 0 Å². The van der Waals surface area contributed by atoms with Crippen molar-refractivity contribution in [3.8, 4) is 0 Å². The minimum Gasteiger partial charge on any atom is -0.346 e. The van der Waals surface area contributed by atoms with E-state index in [4.69, 9.17) is 9.47 Å². The van der Waals surface area contributed by atoms with Gasteiger partial charge >= 0.3 is 0 Å². The molecule has 0 saturated carbocycles. The van der Waals surface area contributed by atoms with Crippen LogP contribution in [0.5, 0.6) is 0 Å². The molecule has 1 aromatic rings. The standard InChI is InChI=1S/C13H18O2/c1-2-13(12-8-4-3-5-9-12)14-10-6-7-11-15-13/h3-5,8-9H,2,6-7,10-11H2,1H3. The highest BCUT2D eigenvalue weighted by atomic mass is 16.7. The minimum atomic E-state index is -0.502. The van der Waals surface area contributed by atoms with E-state index in [1.54, 1.807) is 0 Å². The highest BCUT2D eigenvalue weighted by molar-refractivity contribution is 5.20. The number of hydrogen-bond acceptors (Lipinski definition) is 2. The van der Waals surface area contributed by atoms with E-state index in [2.05, 4.69) is 19.1 Å². The Morgan fingerprint density at radius 3 is 2.20 bits per heavy atom. The van der Waals surface area contributed by atoms with Crippen LogP contribution in [-0.2, 0) is 15.3 Å². The van der Waals surface area contributed by atoms with E-state index < -0.39 is 5.79 Å². The fraction of sp³-hybridized carbons (Fsp3) is 0.538. The van der Waals surface area contributed by atoms with Gasteiger partial charge in [0.15, 0.2) is 5.79 Å². The van der Waals surface area contributed by atoms with Crippen LogP contribution >= 0.6 is 0 Å². The predicted molar refractivity (Wildman–Crippen MR) is 59.5 cm³/mol. The highest BCUT2D eigenvalue weighted by Crippen LogP contribution is 2.33. The Balaban J connectivity index is 2.27. The lowest BCUT2D eigenvalue weighted by Gasteiger charge is -2.31. The van der Waals surface area contributed by atoms with Gasteiger partial charge in [-0.05, 0) is 12.8 Å². The zero-order valence-electron chi connectivity index (χ0n) is 9.24. The molecule has 0 radical (unpaired) electrons. The van der Waals surface area contributed by atoms with Crippen molar-refractivity contribution in [3.63, 3.8) is 0 Å². The third-order valence-corrected chi connectivity index (χ3v) is 2.89. The van der Waals surface area contributed by atoms with Gasteiger partial charge < -0.3 is 9.47 Å². The van der Waals surface area contributed by atoms with Gasteiger partial charge in [0.1, 0.15) is 0 Å². The van der Waals surface area contributed by atoms with Gasteiger partial charge in [-0.15, -0.1) is 0 Å². The van der Waals surface area contributed by atoms with Gasteiger partial charge in [0.2, 0.25) is 0 Å². The Morgan fingerprint density at radius 1 is 1.07 bits per heavy atom. The number of hydrogen-bond donors (Lipinski definition) is 0. The molecule has 0 amide bonds. The molecular formula is C13H18O2. The van der Waals surface area contributed by atoms with Gasteiger partial charge in [0.25, 0.3) is 0 Å². The van der Waals surface area contributed by atoms with Crippen molar-refractivity contribution in [2.75, 3.05) is 13.2 Å². The van der Waals surface area contributed by atoms with Crippen molar-refractivity contribution in [2.45, 2.75) is 32.0 Å². The van der Waals surface area contributed by atoms with Crippen LogP contribution in [-0.4, -0.2) is 13.2 Å². The second-order valence-corrected chi connectivity index (χ2v) is 3.88. The lowest BCUT2D eigenvalue weighted by atomic mass is 10.0. The molecule has 0 aliphatic carbocycles. The molecule has 82 valence electrons. The maximum atomic E-state index is 5.90. The fourth-order valence-corrected chi connectivity index (χ4v) is 1.99. The molecule has 1 aromatic carbocycles. The summed E-state index contributed by atoms with van der Waals surface area (Å²) in [6.07, 6.45) is 3.04. The topological polar surface area (TPSA) is 18.5 Å². The zero-order chi connectivity index (χ0) is 10.6. The lowest BCUT2D eigenvalue weighted by Crippen LogP contribution is -2.31. The first-order valence-electron chi connectivity index (χ1n) is 5.71. The largest absolute Gasteiger partial charge is 0.346 e. The normalized spacial score (nSPS) is 20.9. The van der Waals surface area contributed by atoms with Crippen LogP contribution < -0.4 is 0 Å². The van der Waals surface area contributed by atoms with E-state index >= 15 is 0 Å². The van der Waals surface area contributed by atoms with E-state index in [0.717, 1.165) is 38.0 Å². The van der Waals surface area contributed by atoms with Crippen molar-refractivity contribution in [2.24, 2.45) is 0 Å². The van der Waals surface area contributed by atoms with E-state index in [0.29, 0.717) is 0 Å². The number of ether oxygens (including phenoxy) is 2. The molecule has 1 saturated heterocycles. The molecule has 2 rings (SSSR count). The number of benzene rings is 1. The first-order valence-corrected chi connectivity index (χ1v) is 5.71. The highest BCUT2D eigenvalue weighted by Gasteiger charge is 2.33. The molecule has 0 aromatic heterocycles. The Hall–Kier alpha value is -0.860. The van der Waals surface area contributed by atoms with Crippen LogP contribution in [0.3, 0.4) is 0 Å². The van der Waals surface area contributed by atoms with Crippen LogP contribution in [0.25, 0.3) is 0 Å². The van der Waals surface area contributed by atoms with Crippen LogP contribution in [0.2, 0.25) is 0 Å². The molecule has 0 spiro atoms. The number of rotatable bonds is 2.